The van der Waals surface area contributed by atoms with Crippen LogP contribution in [-0.2, 0) is 9.53 Å². The molecule has 0 bridgehead atoms. The molecule has 1 aliphatic rings. The molecule has 170 valence electrons. The number of carbonyl (C=O) groups excluding carboxylic acids is 1. The number of carbonyl (C=O) groups is 1. The third-order valence-electron chi connectivity index (χ3n) is 5.78. The molecule has 4 aromatic rings. The first-order chi connectivity index (χ1) is 16.5. The maximum absolute atomic E-state index is 13.8. The van der Waals surface area contributed by atoms with E-state index >= 15 is 0 Å². The molecule has 1 atom stereocenters. The molecule has 5 rings (SSSR count). The summed E-state index contributed by atoms with van der Waals surface area (Å²) in [6, 6.07) is 21.0. The number of allylic oxidation sites excluding steroid dienone is 1. The van der Waals surface area contributed by atoms with Gasteiger partial charge in [0.25, 0.3) is 5.56 Å². The molecule has 0 amide bonds. The third-order valence-corrected chi connectivity index (χ3v) is 7.26. The summed E-state index contributed by atoms with van der Waals surface area (Å²) >= 11 is 4.81. The molecule has 0 saturated heterocycles. The van der Waals surface area contributed by atoms with Crippen LogP contribution in [-0.4, -0.2) is 17.1 Å². The number of ether oxygens (including phenoxy) is 1. The van der Waals surface area contributed by atoms with Gasteiger partial charge in [-0.15, -0.1) is 0 Å². The van der Waals surface area contributed by atoms with Gasteiger partial charge in [0.2, 0.25) is 0 Å². The van der Waals surface area contributed by atoms with Crippen molar-refractivity contribution in [1.29, 1.82) is 0 Å². The first kappa shape index (κ1) is 22.5. The largest absolute Gasteiger partial charge is 0.463 e. The van der Waals surface area contributed by atoms with Gasteiger partial charge in [0, 0.05) is 4.47 Å². The second kappa shape index (κ2) is 9.16. The van der Waals surface area contributed by atoms with Crippen LogP contribution in [0.3, 0.4) is 0 Å². The summed E-state index contributed by atoms with van der Waals surface area (Å²) in [4.78, 5) is 32.1. The summed E-state index contributed by atoms with van der Waals surface area (Å²) in [6.45, 7) is 3.81. The quantitative estimate of drug-likeness (QED) is 0.357. The SMILES string of the molecule is CCOC(=O)C1=C(C)N=c2s/c(=C/c3cccc(Br)c3)c(=O)n2[C@H]1c1cccc2ccccc12. The molecule has 0 radical (unpaired) electrons. The first-order valence-corrected chi connectivity index (χ1v) is 12.5. The lowest BCUT2D eigenvalue weighted by Gasteiger charge is -2.25. The Morgan fingerprint density at radius 3 is 2.71 bits per heavy atom. The number of esters is 1. The number of fused-ring (bicyclic) bond motifs is 2. The van der Waals surface area contributed by atoms with Gasteiger partial charge in [0.1, 0.15) is 0 Å². The molecular formula is C27H21BrN2O3S. The predicted octanol–water partition coefficient (Wildman–Crippen LogP) is 4.71. The fourth-order valence-electron chi connectivity index (χ4n) is 4.32. The number of rotatable bonds is 4. The molecule has 7 heteroatoms. The standard InChI is InChI=1S/C27H21BrN2O3S/c1-3-33-26(32)23-16(2)29-27-30(24(23)21-13-7-10-18-9-4-5-12-20(18)21)25(31)22(34-27)15-17-8-6-11-19(28)14-17/h4-15,24H,3H2,1-2H3/b22-15+/t24-/m0/s1. The third kappa shape index (κ3) is 3.95. The average Bonchev–Trinajstić information content (AvgIpc) is 3.12. The molecule has 0 aliphatic carbocycles. The summed E-state index contributed by atoms with van der Waals surface area (Å²) in [5.41, 5.74) is 2.54. The van der Waals surface area contributed by atoms with Gasteiger partial charge in [-0.1, -0.05) is 81.9 Å². The molecule has 2 heterocycles. The Morgan fingerprint density at radius 2 is 1.91 bits per heavy atom. The maximum atomic E-state index is 13.8. The lowest BCUT2D eigenvalue weighted by Crippen LogP contribution is -2.40. The topological polar surface area (TPSA) is 60.7 Å². The Labute approximate surface area is 208 Å². The predicted molar refractivity (Wildman–Crippen MR) is 138 cm³/mol. The summed E-state index contributed by atoms with van der Waals surface area (Å²) in [6.07, 6.45) is 1.86. The number of aromatic nitrogens is 1. The molecular weight excluding hydrogens is 512 g/mol. The number of hydrogen-bond donors (Lipinski definition) is 0. The highest BCUT2D eigenvalue weighted by molar-refractivity contribution is 9.10. The fraction of sp³-hybridized carbons (Fsp3) is 0.148. The van der Waals surface area contributed by atoms with Crippen LogP contribution in [0.15, 0.2) is 92.3 Å². The van der Waals surface area contributed by atoms with E-state index in [2.05, 4.69) is 20.9 Å². The molecule has 0 saturated carbocycles. The highest BCUT2D eigenvalue weighted by atomic mass is 79.9. The zero-order valence-electron chi connectivity index (χ0n) is 18.6. The van der Waals surface area contributed by atoms with Crippen molar-refractivity contribution in [3.63, 3.8) is 0 Å². The normalized spacial score (nSPS) is 15.9. The molecule has 0 fully saturated rings. The summed E-state index contributed by atoms with van der Waals surface area (Å²) < 4.78 is 8.53. The fourth-order valence-corrected chi connectivity index (χ4v) is 5.79. The number of benzene rings is 3. The van der Waals surface area contributed by atoms with E-state index in [0.717, 1.165) is 26.4 Å². The molecule has 34 heavy (non-hydrogen) atoms. The number of thiazole rings is 1. The Hall–Kier alpha value is -3.29. The maximum Gasteiger partial charge on any atom is 0.338 e. The van der Waals surface area contributed by atoms with Crippen molar-refractivity contribution in [2.75, 3.05) is 6.61 Å². The van der Waals surface area contributed by atoms with E-state index in [-0.39, 0.29) is 12.2 Å². The van der Waals surface area contributed by atoms with Gasteiger partial charge in [-0.05, 0) is 54.0 Å². The summed E-state index contributed by atoms with van der Waals surface area (Å²) in [5, 5.41) is 2.02. The van der Waals surface area contributed by atoms with E-state index in [1.807, 2.05) is 72.8 Å². The Bertz CT molecular complexity index is 1640. The van der Waals surface area contributed by atoms with Gasteiger partial charge in [-0.3, -0.25) is 9.36 Å². The van der Waals surface area contributed by atoms with E-state index in [0.29, 0.717) is 20.6 Å². The van der Waals surface area contributed by atoms with Crippen LogP contribution < -0.4 is 14.9 Å². The van der Waals surface area contributed by atoms with Gasteiger partial charge in [0.15, 0.2) is 4.80 Å². The molecule has 1 aromatic heterocycles. The molecule has 3 aromatic carbocycles. The van der Waals surface area contributed by atoms with E-state index in [4.69, 9.17) is 4.74 Å². The van der Waals surface area contributed by atoms with Gasteiger partial charge in [-0.2, -0.15) is 0 Å². The minimum atomic E-state index is -0.633. The van der Waals surface area contributed by atoms with Crippen LogP contribution in [0.4, 0.5) is 0 Å². The van der Waals surface area contributed by atoms with Crippen LogP contribution >= 0.6 is 27.3 Å². The van der Waals surface area contributed by atoms with Gasteiger partial charge >= 0.3 is 5.97 Å². The number of nitrogens with zero attached hydrogens (tertiary/aromatic N) is 2. The number of halogens is 1. The van der Waals surface area contributed by atoms with Crippen molar-refractivity contribution in [2.24, 2.45) is 4.99 Å². The van der Waals surface area contributed by atoms with E-state index in [1.54, 1.807) is 18.4 Å². The first-order valence-electron chi connectivity index (χ1n) is 10.9. The Morgan fingerprint density at radius 1 is 1.15 bits per heavy atom. The van der Waals surface area contributed by atoms with Gasteiger partial charge in [-0.25, -0.2) is 9.79 Å². The van der Waals surface area contributed by atoms with Crippen LogP contribution in [0.5, 0.6) is 0 Å². The molecule has 0 spiro atoms. The van der Waals surface area contributed by atoms with Crippen LogP contribution in [0.25, 0.3) is 16.8 Å². The minimum Gasteiger partial charge on any atom is -0.463 e. The Kier molecular flexibility index (Phi) is 6.06. The van der Waals surface area contributed by atoms with Crippen LogP contribution in [0.1, 0.15) is 31.0 Å². The molecule has 0 N–H and O–H groups in total. The highest BCUT2D eigenvalue weighted by Crippen LogP contribution is 2.34. The summed E-state index contributed by atoms with van der Waals surface area (Å²) in [7, 11) is 0. The monoisotopic (exact) mass is 532 g/mol. The van der Waals surface area contributed by atoms with Gasteiger partial charge < -0.3 is 4.74 Å². The zero-order valence-corrected chi connectivity index (χ0v) is 21.0. The van der Waals surface area contributed by atoms with E-state index in [9.17, 15) is 9.59 Å². The molecule has 1 aliphatic heterocycles. The Balaban J connectivity index is 1.81. The van der Waals surface area contributed by atoms with E-state index < -0.39 is 12.0 Å². The van der Waals surface area contributed by atoms with Crippen molar-refractivity contribution in [2.45, 2.75) is 19.9 Å². The lowest BCUT2D eigenvalue weighted by atomic mass is 9.91. The minimum absolute atomic E-state index is 0.184. The van der Waals surface area contributed by atoms with Crippen molar-refractivity contribution < 1.29 is 9.53 Å². The van der Waals surface area contributed by atoms with Crippen LogP contribution in [0, 0.1) is 0 Å². The summed E-state index contributed by atoms with van der Waals surface area (Å²) in [5.74, 6) is -0.456. The van der Waals surface area contributed by atoms with Gasteiger partial charge in [0.05, 0.1) is 28.5 Å². The second-order valence-electron chi connectivity index (χ2n) is 7.93. The van der Waals surface area contributed by atoms with Crippen molar-refractivity contribution >= 4 is 50.1 Å². The number of hydrogen-bond acceptors (Lipinski definition) is 5. The molecule has 5 nitrogen and oxygen atoms in total. The lowest BCUT2D eigenvalue weighted by molar-refractivity contribution is -0.139. The van der Waals surface area contributed by atoms with E-state index in [1.165, 1.54) is 11.3 Å². The zero-order chi connectivity index (χ0) is 23.8. The van der Waals surface area contributed by atoms with Crippen LogP contribution in [0.2, 0.25) is 0 Å². The second-order valence-corrected chi connectivity index (χ2v) is 9.85. The molecule has 0 unspecified atom stereocenters. The smallest absolute Gasteiger partial charge is 0.338 e. The van der Waals surface area contributed by atoms with Crippen molar-refractivity contribution in [3.05, 3.63) is 113 Å². The highest BCUT2D eigenvalue weighted by Gasteiger charge is 2.34. The van der Waals surface area contributed by atoms with Crippen molar-refractivity contribution in [3.8, 4) is 0 Å². The average molecular weight is 533 g/mol. The van der Waals surface area contributed by atoms with Crippen molar-refractivity contribution in [1.82, 2.24) is 4.57 Å².